The Morgan fingerprint density at radius 2 is 1.78 bits per heavy atom. The average molecular weight is 436 g/mol. The lowest BCUT2D eigenvalue weighted by molar-refractivity contribution is 0.332. The lowest BCUT2D eigenvalue weighted by Crippen LogP contribution is -2.03. The number of rotatable bonds is 4. The number of alkyl halides is 1. The molecule has 0 unspecified atom stereocenters. The molecule has 0 fully saturated rings. The minimum atomic E-state index is -3.99. The van der Waals surface area contributed by atoms with Gasteiger partial charge in [0.2, 0.25) is 0 Å². The summed E-state index contributed by atoms with van der Waals surface area (Å²) < 4.78 is 70.3. The molecule has 0 atom stereocenters. The molecule has 0 bridgehead atoms. The molecule has 10 heteroatoms. The molecular weight excluding hydrogens is 426 g/mol. The summed E-state index contributed by atoms with van der Waals surface area (Å²) in [4.78, 5) is -0.807. The van der Waals surface area contributed by atoms with Gasteiger partial charge in [0.1, 0.15) is 22.2 Å². The maximum Gasteiger partial charge on any atom is 0.178 e. The largest absolute Gasteiger partial charge is 0.357 e. The van der Waals surface area contributed by atoms with Crippen LogP contribution in [0.15, 0.2) is 39.8 Å². The second-order valence-corrected chi connectivity index (χ2v) is 8.43. The SMILES string of the molecule is CS(=O)(=O)c1cc(F)c(-c2c(-c3ccc(Cl)c(Cl)c3)noc2CF)cc1F. The highest BCUT2D eigenvalue weighted by atomic mass is 35.5. The predicted molar refractivity (Wildman–Crippen MR) is 95.2 cm³/mol. The number of halogens is 5. The highest BCUT2D eigenvalue weighted by molar-refractivity contribution is 7.90. The van der Waals surface area contributed by atoms with Crippen LogP contribution in [0.25, 0.3) is 22.4 Å². The zero-order valence-corrected chi connectivity index (χ0v) is 15.9. The number of hydrogen-bond acceptors (Lipinski definition) is 4. The van der Waals surface area contributed by atoms with E-state index >= 15 is 0 Å². The van der Waals surface area contributed by atoms with E-state index in [1.807, 2.05) is 0 Å². The smallest absolute Gasteiger partial charge is 0.178 e. The summed E-state index contributed by atoms with van der Waals surface area (Å²) in [7, 11) is -3.99. The Morgan fingerprint density at radius 1 is 1.07 bits per heavy atom. The van der Waals surface area contributed by atoms with E-state index in [-0.39, 0.29) is 27.1 Å². The van der Waals surface area contributed by atoms with E-state index in [4.69, 9.17) is 27.7 Å². The van der Waals surface area contributed by atoms with Crippen LogP contribution in [-0.4, -0.2) is 19.8 Å². The summed E-state index contributed by atoms with van der Waals surface area (Å²) in [5, 5.41) is 4.15. The van der Waals surface area contributed by atoms with Crippen molar-refractivity contribution in [2.75, 3.05) is 6.26 Å². The van der Waals surface area contributed by atoms with E-state index in [1.165, 1.54) is 18.2 Å². The molecule has 4 nitrogen and oxygen atoms in total. The van der Waals surface area contributed by atoms with Crippen LogP contribution in [-0.2, 0) is 16.5 Å². The molecule has 0 spiro atoms. The Kier molecular flexibility index (Phi) is 5.24. The Morgan fingerprint density at radius 3 is 2.37 bits per heavy atom. The fourth-order valence-electron chi connectivity index (χ4n) is 2.54. The van der Waals surface area contributed by atoms with Gasteiger partial charge < -0.3 is 4.52 Å². The first-order chi connectivity index (χ1) is 12.6. The van der Waals surface area contributed by atoms with Gasteiger partial charge >= 0.3 is 0 Å². The maximum absolute atomic E-state index is 14.6. The zero-order valence-electron chi connectivity index (χ0n) is 13.6. The highest BCUT2D eigenvalue weighted by Gasteiger charge is 2.25. The van der Waals surface area contributed by atoms with Crippen molar-refractivity contribution in [3.8, 4) is 22.4 Å². The van der Waals surface area contributed by atoms with Gasteiger partial charge in [-0.15, -0.1) is 0 Å². The van der Waals surface area contributed by atoms with Gasteiger partial charge in [-0.05, 0) is 24.3 Å². The number of nitrogens with zero attached hydrogens (tertiary/aromatic N) is 1. The van der Waals surface area contributed by atoms with Crippen LogP contribution in [0.5, 0.6) is 0 Å². The monoisotopic (exact) mass is 435 g/mol. The molecule has 0 radical (unpaired) electrons. The predicted octanol–water partition coefficient (Wildman–Crippen LogP) is 5.47. The molecule has 142 valence electrons. The molecule has 0 aliphatic carbocycles. The molecule has 1 heterocycles. The van der Waals surface area contributed by atoms with E-state index in [0.717, 1.165) is 6.26 Å². The van der Waals surface area contributed by atoms with Crippen molar-refractivity contribution in [3.63, 3.8) is 0 Å². The third kappa shape index (κ3) is 3.69. The number of benzene rings is 2. The van der Waals surface area contributed by atoms with Crippen LogP contribution in [0, 0.1) is 11.6 Å². The summed E-state index contributed by atoms with van der Waals surface area (Å²) in [6, 6.07) is 5.56. The van der Waals surface area contributed by atoms with Crippen LogP contribution in [0.2, 0.25) is 10.0 Å². The molecule has 3 aromatic rings. The second-order valence-electron chi connectivity index (χ2n) is 5.63. The Labute approximate surface area is 162 Å². The van der Waals surface area contributed by atoms with Gasteiger partial charge in [0.15, 0.2) is 22.3 Å². The van der Waals surface area contributed by atoms with Gasteiger partial charge in [0.25, 0.3) is 0 Å². The fourth-order valence-corrected chi connectivity index (χ4v) is 3.57. The molecule has 0 amide bonds. The van der Waals surface area contributed by atoms with Crippen molar-refractivity contribution in [1.29, 1.82) is 0 Å². The molecule has 0 saturated heterocycles. The van der Waals surface area contributed by atoms with Crippen LogP contribution in [0.4, 0.5) is 13.2 Å². The number of hydrogen-bond donors (Lipinski definition) is 0. The van der Waals surface area contributed by atoms with E-state index in [1.54, 1.807) is 0 Å². The minimum absolute atomic E-state index is 0.00613. The van der Waals surface area contributed by atoms with Gasteiger partial charge in [-0.3, -0.25) is 0 Å². The summed E-state index contributed by atoms with van der Waals surface area (Å²) >= 11 is 11.8. The standard InChI is InChI=1S/C17H10Cl2F3NO3S/c1-27(24,25)15-6-12(21)9(5-13(15)22)16-14(7-20)26-23-17(16)8-2-3-10(18)11(19)4-8/h2-6H,7H2,1H3. The molecular formula is C17H10Cl2F3NO3S. The minimum Gasteiger partial charge on any atom is -0.357 e. The lowest BCUT2D eigenvalue weighted by atomic mass is 9.98. The average Bonchev–Trinajstić information content (AvgIpc) is 3.01. The summed E-state index contributed by atoms with van der Waals surface area (Å²) in [5.74, 6) is -2.60. The molecule has 2 aromatic carbocycles. The molecule has 0 aliphatic rings. The van der Waals surface area contributed by atoms with Gasteiger partial charge in [0, 0.05) is 17.4 Å². The van der Waals surface area contributed by atoms with Gasteiger partial charge in [-0.2, -0.15) is 0 Å². The van der Waals surface area contributed by atoms with Crippen molar-refractivity contribution in [1.82, 2.24) is 5.16 Å². The summed E-state index contributed by atoms with van der Waals surface area (Å²) in [6.45, 7) is -1.14. The molecule has 0 N–H and O–H groups in total. The van der Waals surface area contributed by atoms with Crippen molar-refractivity contribution in [2.45, 2.75) is 11.6 Å². The van der Waals surface area contributed by atoms with Crippen molar-refractivity contribution < 1.29 is 26.1 Å². The van der Waals surface area contributed by atoms with E-state index in [2.05, 4.69) is 5.16 Å². The molecule has 3 rings (SSSR count). The summed E-state index contributed by atoms with van der Waals surface area (Å²) in [6.07, 6.45) is 0.748. The lowest BCUT2D eigenvalue weighted by Gasteiger charge is -2.09. The summed E-state index contributed by atoms with van der Waals surface area (Å²) in [5.41, 5.74) is -0.205. The van der Waals surface area contributed by atoms with Gasteiger partial charge in [0.05, 0.1) is 15.6 Å². The van der Waals surface area contributed by atoms with Crippen LogP contribution >= 0.6 is 23.2 Å². The molecule has 27 heavy (non-hydrogen) atoms. The first kappa shape index (κ1) is 19.7. The molecule has 0 aliphatic heterocycles. The normalized spacial score (nSPS) is 11.8. The van der Waals surface area contributed by atoms with Gasteiger partial charge in [-0.25, -0.2) is 21.6 Å². The number of sulfone groups is 1. The topological polar surface area (TPSA) is 60.2 Å². The Hall–Kier alpha value is -2.03. The van der Waals surface area contributed by atoms with Crippen molar-refractivity contribution in [2.24, 2.45) is 0 Å². The fraction of sp³-hybridized carbons (Fsp3) is 0.118. The maximum atomic E-state index is 14.6. The first-order valence-corrected chi connectivity index (χ1v) is 9.97. The van der Waals surface area contributed by atoms with Crippen molar-refractivity contribution in [3.05, 3.63) is 57.8 Å². The van der Waals surface area contributed by atoms with Crippen molar-refractivity contribution >= 4 is 33.0 Å². The third-order valence-electron chi connectivity index (χ3n) is 3.77. The Bertz CT molecular complexity index is 1150. The molecule has 1 aromatic heterocycles. The molecule has 0 saturated carbocycles. The van der Waals surface area contributed by atoms with E-state index in [9.17, 15) is 21.6 Å². The highest BCUT2D eigenvalue weighted by Crippen LogP contribution is 2.39. The third-order valence-corrected chi connectivity index (χ3v) is 5.62. The Balaban J connectivity index is 2.27. The van der Waals surface area contributed by atoms with Crippen LogP contribution in [0.1, 0.15) is 5.76 Å². The second kappa shape index (κ2) is 7.18. The quantitative estimate of drug-likeness (QED) is 0.545. The van der Waals surface area contributed by atoms with E-state index < -0.39 is 38.6 Å². The first-order valence-electron chi connectivity index (χ1n) is 7.33. The van der Waals surface area contributed by atoms with Crippen LogP contribution < -0.4 is 0 Å². The van der Waals surface area contributed by atoms with Crippen LogP contribution in [0.3, 0.4) is 0 Å². The van der Waals surface area contributed by atoms with Gasteiger partial charge in [-0.1, -0.05) is 34.4 Å². The number of aromatic nitrogens is 1. The zero-order chi connectivity index (χ0) is 19.9. The van der Waals surface area contributed by atoms with E-state index in [0.29, 0.717) is 17.7 Å².